The Labute approximate surface area is 288 Å². The molecule has 0 N–H and O–H groups in total. The second-order valence-corrected chi connectivity index (χ2v) is 11.7. The first-order chi connectivity index (χ1) is 23.6. The first kappa shape index (κ1) is 44.3. The highest BCUT2D eigenvalue weighted by Gasteiger charge is 2.32. The third-order valence-corrected chi connectivity index (χ3v) is 7.53. The molecule has 0 aliphatic carbocycles. The molecule has 1 heterocycles. The molecule has 13 nitrogen and oxygen atoms in total. The maximum atomic E-state index is 11.8. The van der Waals surface area contributed by atoms with Crippen LogP contribution >= 0.6 is 0 Å². The number of carbonyl (C=O) groups is 3. The largest absolute Gasteiger partial charge is 0.382 e. The van der Waals surface area contributed by atoms with Crippen LogP contribution in [0.15, 0.2) is 0 Å². The van der Waals surface area contributed by atoms with Crippen molar-refractivity contribution in [1.82, 2.24) is 5.06 Å². The van der Waals surface area contributed by atoms with Crippen molar-refractivity contribution in [3.63, 3.8) is 0 Å². The number of nitrogens with zero attached hydrogens (tertiary/aromatic N) is 1. The van der Waals surface area contributed by atoms with E-state index in [1.165, 1.54) is 57.8 Å². The van der Waals surface area contributed by atoms with Crippen molar-refractivity contribution < 1.29 is 57.1 Å². The zero-order chi connectivity index (χ0) is 34.6. The lowest BCUT2D eigenvalue weighted by atomic mass is 10.0. The normalized spacial score (nSPS) is 13.2. The van der Waals surface area contributed by atoms with Gasteiger partial charge in [-0.15, -0.1) is 5.06 Å². The number of unbranched alkanes of at least 4 members (excludes halogenated alkanes) is 12. The van der Waals surface area contributed by atoms with Crippen molar-refractivity contribution >= 4 is 17.8 Å². The van der Waals surface area contributed by atoms with E-state index in [0.717, 1.165) is 32.3 Å². The van der Waals surface area contributed by atoms with Gasteiger partial charge in [-0.05, 0) is 12.8 Å². The van der Waals surface area contributed by atoms with Crippen molar-refractivity contribution in [3.8, 4) is 0 Å². The Morgan fingerprint density at radius 1 is 0.438 bits per heavy atom. The molecule has 0 unspecified atom stereocenters. The number of hydroxylamine groups is 2. The fourth-order valence-corrected chi connectivity index (χ4v) is 4.79. The van der Waals surface area contributed by atoms with Crippen LogP contribution in [0.4, 0.5) is 0 Å². The van der Waals surface area contributed by atoms with E-state index in [9.17, 15) is 14.4 Å². The topological polar surface area (TPSA) is 138 Å². The maximum absolute atomic E-state index is 11.8. The second-order valence-electron chi connectivity index (χ2n) is 11.7. The molecule has 0 radical (unpaired) electrons. The number of carbonyl (C=O) groups excluding carboxylic acids is 3. The van der Waals surface area contributed by atoms with Crippen LogP contribution in [0.3, 0.4) is 0 Å². The molecule has 13 heteroatoms. The van der Waals surface area contributed by atoms with Crippen molar-refractivity contribution in [2.24, 2.45) is 0 Å². The van der Waals surface area contributed by atoms with Crippen molar-refractivity contribution in [2.75, 3.05) is 106 Å². The van der Waals surface area contributed by atoms with Gasteiger partial charge in [-0.3, -0.25) is 9.59 Å². The second kappa shape index (κ2) is 35.1. The van der Waals surface area contributed by atoms with E-state index in [2.05, 4.69) is 0 Å². The van der Waals surface area contributed by atoms with Crippen LogP contribution in [0, 0.1) is 0 Å². The van der Waals surface area contributed by atoms with Crippen molar-refractivity contribution in [2.45, 2.75) is 103 Å². The Hall–Kier alpha value is -1.71. The number of hydrogen-bond donors (Lipinski definition) is 0. The average molecular weight is 692 g/mol. The highest BCUT2D eigenvalue weighted by molar-refractivity contribution is 6.01. The van der Waals surface area contributed by atoms with E-state index in [1.807, 2.05) is 0 Å². The van der Waals surface area contributed by atoms with Crippen LogP contribution in [0.2, 0.25) is 0 Å². The summed E-state index contributed by atoms with van der Waals surface area (Å²) in [7, 11) is 1.65. The van der Waals surface area contributed by atoms with Crippen LogP contribution in [0.25, 0.3) is 0 Å². The summed E-state index contributed by atoms with van der Waals surface area (Å²) in [6.45, 7) is 8.58. The van der Waals surface area contributed by atoms with Gasteiger partial charge in [-0.25, -0.2) is 4.79 Å². The Kier molecular flexibility index (Phi) is 32.4. The van der Waals surface area contributed by atoms with Crippen LogP contribution in [0.5, 0.6) is 0 Å². The molecular weight excluding hydrogens is 626 g/mol. The standard InChI is InChI=1S/C35H65NO12/c1-40-19-20-42-23-24-44-27-28-46-31-32-47-30-29-45-26-25-43-22-21-41-18-14-12-10-8-6-4-2-3-5-7-9-11-13-15-35(39)48-36-33(37)16-17-34(36)38/h2-32H2,1H3. The van der Waals surface area contributed by atoms with E-state index < -0.39 is 17.8 Å². The molecule has 0 saturated carbocycles. The lowest BCUT2D eigenvalue weighted by Crippen LogP contribution is -2.31. The van der Waals surface area contributed by atoms with Gasteiger partial charge < -0.3 is 42.7 Å². The predicted molar refractivity (Wildman–Crippen MR) is 179 cm³/mol. The van der Waals surface area contributed by atoms with E-state index >= 15 is 0 Å². The van der Waals surface area contributed by atoms with E-state index in [1.54, 1.807) is 7.11 Å². The summed E-state index contributed by atoms with van der Waals surface area (Å²) >= 11 is 0. The van der Waals surface area contributed by atoms with Crippen molar-refractivity contribution in [3.05, 3.63) is 0 Å². The first-order valence-electron chi connectivity index (χ1n) is 18.2. The summed E-state index contributed by atoms with van der Waals surface area (Å²) < 4.78 is 43.2. The number of imide groups is 1. The number of hydrogen-bond acceptors (Lipinski definition) is 12. The third-order valence-electron chi connectivity index (χ3n) is 7.53. The molecule has 0 atom stereocenters. The molecule has 0 aromatic rings. The van der Waals surface area contributed by atoms with Gasteiger partial charge in [0.1, 0.15) is 0 Å². The molecule has 0 bridgehead atoms. The molecule has 1 aliphatic rings. The SMILES string of the molecule is COCCOCCOCCOCCOCCOCCOCCOCCCCCCCCCCCCCCCC(=O)ON1C(=O)CCC1=O. The molecule has 2 amide bonds. The van der Waals surface area contributed by atoms with Crippen LogP contribution in [-0.2, 0) is 57.1 Å². The molecule has 1 fully saturated rings. The maximum Gasteiger partial charge on any atom is 0.333 e. The molecule has 0 aromatic carbocycles. The monoisotopic (exact) mass is 691 g/mol. The van der Waals surface area contributed by atoms with Gasteiger partial charge in [0.05, 0.1) is 92.5 Å². The molecule has 0 aromatic heterocycles. The fraction of sp³-hybridized carbons (Fsp3) is 0.914. The molecule has 1 rings (SSSR count). The molecule has 48 heavy (non-hydrogen) atoms. The smallest absolute Gasteiger partial charge is 0.333 e. The Morgan fingerprint density at radius 3 is 1.08 bits per heavy atom. The van der Waals surface area contributed by atoms with Crippen LogP contribution < -0.4 is 0 Å². The minimum absolute atomic E-state index is 0.126. The van der Waals surface area contributed by atoms with E-state index in [-0.39, 0.29) is 19.3 Å². The zero-order valence-electron chi connectivity index (χ0n) is 29.8. The van der Waals surface area contributed by atoms with Gasteiger partial charge >= 0.3 is 5.97 Å². The highest BCUT2D eigenvalue weighted by atomic mass is 16.7. The summed E-state index contributed by atoms with van der Waals surface area (Å²) in [5, 5.41) is 0.624. The lowest BCUT2D eigenvalue weighted by molar-refractivity contribution is -0.197. The third kappa shape index (κ3) is 29.2. The van der Waals surface area contributed by atoms with Gasteiger partial charge in [0.2, 0.25) is 0 Å². The minimum Gasteiger partial charge on any atom is -0.382 e. The van der Waals surface area contributed by atoms with Gasteiger partial charge in [0.15, 0.2) is 0 Å². The predicted octanol–water partition coefficient (Wildman–Crippen LogP) is 4.82. The molecule has 1 aliphatic heterocycles. The molecule has 282 valence electrons. The van der Waals surface area contributed by atoms with Crippen LogP contribution in [-0.4, -0.2) is 129 Å². The van der Waals surface area contributed by atoms with Crippen LogP contribution in [0.1, 0.15) is 103 Å². The summed E-state index contributed by atoms with van der Waals surface area (Å²) in [4.78, 5) is 39.6. The average Bonchev–Trinajstić information content (AvgIpc) is 3.40. The Morgan fingerprint density at radius 2 is 0.729 bits per heavy atom. The van der Waals surface area contributed by atoms with E-state index in [0.29, 0.717) is 97.6 Å². The van der Waals surface area contributed by atoms with Gasteiger partial charge in [0, 0.05) is 33.0 Å². The number of amides is 2. The molecular formula is C35H65NO12. The van der Waals surface area contributed by atoms with Gasteiger partial charge in [-0.2, -0.15) is 0 Å². The van der Waals surface area contributed by atoms with E-state index in [4.69, 9.17) is 42.7 Å². The highest BCUT2D eigenvalue weighted by Crippen LogP contribution is 2.15. The Bertz CT molecular complexity index is 741. The van der Waals surface area contributed by atoms with Gasteiger partial charge in [0.25, 0.3) is 11.8 Å². The Balaban J connectivity index is 1.64. The minimum atomic E-state index is -0.498. The molecule has 1 saturated heterocycles. The molecule has 0 spiro atoms. The number of ether oxygens (including phenoxy) is 8. The lowest BCUT2D eigenvalue weighted by Gasteiger charge is -2.12. The summed E-state index contributed by atoms with van der Waals surface area (Å²) in [5.74, 6) is -1.35. The first-order valence-corrected chi connectivity index (χ1v) is 18.2. The summed E-state index contributed by atoms with van der Waals surface area (Å²) in [6, 6.07) is 0. The fourth-order valence-electron chi connectivity index (χ4n) is 4.79. The van der Waals surface area contributed by atoms with Crippen molar-refractivity contribution in [1.29, 1.82) is 0 Å². The summed E-state index contributed by atoms with van der Waals surface area (Å²) in [6.07, 6.45) is 15.7. The van der Waals surface area contributed by atoms with Gasteiger partial charge in [-0.1, -0.05) is 70.6 Å². The summed E-state index contributed by atoms with van der Waals surface area (Å²) in [5.41, 5.74) is 0. The number of methoxy groups -OCH3 is 1. The zero-order valence-corrected chi connectivity index (χ0v) is 29.8. The quantitative estimate of drug-likeness (QED) is 0.0649. The number of rotatable bonds is 38.